The molecule has 2 aromatic rings. The summed E-state index contributed by atoms with van der Waals surface area (Å²) in [5.74, 6) is 0. The lowest BCUT2D eigenvalue weighted by Gasteiger charge is -2.43. The van der Waals surface area contributed by atoms with Gasteiger partial charge in [-0.2, -0.15) is 0 Å². The van der Waals surface area contributed by atoms with Crippen molar-refractivity contribution in [3.05, 3.63) is 75.0 Å². The zero-order valence-electron chi connectivity index (χ0n) is 13.5. The van der Waals surface area contributed by atoms with Crippen LogP contribution in [0.15, 0.2) is 53.9 Å². The van der Waals surface area contributed by atoms with Gasteiger partial charge in [0, 0.05) is 23.0 Å². The van der Waals surface area contributed by atoms with Gasteiger partial charge >= 0.3 is 0 Å². The summed E-state index contributed by atoms with van der Waals surface area (Å²) in [7, 11) is 0. The minimum Gasteiger partial charge on any atom is -0.316 e. The Morgan fingerprint density at radius 1 is 1.21 bits per heavy atom. The quantitative estimate of drug-likeness (QED) is 0.582. The van der Waals surface area contributed by atoms with E-state index < -0.39 is 0 Å². The van der Waals surface area contributed by atoms with Crippen LogP contribution in [0.3, 0.4) is 0 Å². The maximum atomic E-state index is 6.28. The van der Waals surface area contributed by atoms with Crippen molar-refractivity contribution in [3.63, 3.8) is 0 Å². The number of benzene rings is 1. The van der Waals surface area contributed by atoms with Gasteiger partial charge in [-0.1, -0.05) is 47.8 Å². The van der Waals surface area contributed by atoms with Crippen LogP contribution in [0.5, 0.6) is 0 Å². The second kappa shape index (κ2) is 7.30. The molecule has 0 N–H and O–H groups in total. The first-order valence-electron chi connectivity index (χ1n) is 7.99. The highest BCUT2D eigenvalue weighted by molar-refractivity contribution is 7.07. The standard InChI is InChI=1S/C19H20Cl2N2S/c1-3-10-22-18-23(11-4-2)17(13-24-18)19(8-5-9-19)14-6-7-15(20)16(21)12-14/h3-4,6-7,12-13H,1-2,5,8-11H2. The molecule has 0 saturated heterocycles. The maximum absolute atomic E-state index is 6.28. The monoisotopic (exact) mass is 378 g/mol. The predicted octanol–water partition coefficient (Wildman–Crippen LogP) is 5.60. The van der Waals surface area contributed by atoms with E-state index in [2.05, 4.69) is 34.2 Å². The average Bonchev–Trinajstić information content (AvgIpc) is 2.91. The van der Waals surface area contributed by atoms with Gasteiger partial charge in [-0.15, -0.1) is 24.5 Å². The van der Waals surface area contributed by atoms with Crippen LogP contribution in [-0.2, 0) is 12.0 Å². The fraction of sp³-hybridized carbons (Fsp3) is 0.316. The van der Waals surface area contributed by atoms with Crippen molar-refractivity contribution in [2.45, 2.75) is 31.2 Å². The molecular weight excluding hydrogens is 359 g/mol. The molecule has 1 saturated carbocycles. The van der Waals surface area contributed by atoms with Crippen molar-refractivity contribution in [3.8, 4) is 0 Å². The first-order valence-corrected chi connectivity index (χ1v) is 9.62. The Kier molecular flexibility index (Phi) is 5.33. The molecule has 5 heteroatoms. The summed E-state index contributed by atoms with van der Waals surface area (Å²) in [6.45, 7) is 9.03. The van der Waals surface area contributed by atoms with Crippen molar-refractivity contribution in [2.75, 3.05) is 6.54 Å². The van der Waals surface area contributed by atoms with E-state index in [0.29, 0.717) is 16.6 Å². The van der Waals surface area contributed by atoms with Gasteiger partial charge in [-0.25, -0.2) is 0 Å². The summed E-state index contributed by atoms with van der Waals surface area (Å²) >= 11 is 14.1. The predicted molar refractivity (Wildman–Crippen MR) is 104 cm³/mol. The third kappa shape index (κ3) is 3.01. The van der Waals surface area contributed by atoms with Gasteiger partial charge in [0.25, 0.3) is 0 Å². The van der Waals surface area contributed by atoms with Crippen molar-refractivity contribution >= 4 is 34.5 Å². The second-order valence-corrected chi connectivity index (χ2v) is 7.65. The van der Waals surface area contributed by atoms with Crippen LogP contribution in [0.1, 0.15) is 30.5 Å². The minimum atomic E-state index is -0.00428. The number of hydrogen-bond donors (Lipinski definition) is 0. The smallest absolute Gasteiger partial charge is 0.185 e. The molecule has 0 aliphatic heterocycles. The van der Waals surface area contributed by atoms with Crippen LogP contribution >= 0.6 is 34.5 Å². The summed E-state index contributed by atoms with van der Waals surface area (Å²) in [5, 5.41) is 3.44. The van der Waals surface area contributed by atoms with Crippen molar-refractivity contribution < 1.29 is 0 Å². The Morgan fingerprint density at radius 3 is 2.58 bits per heavy atom. The van der Waals surface area contributed by atoms with Crippen LogP contribution in [0.4, 0.5) is 0 Å². The molecule has 0 atom stereocenters. The molecule has 0 amide bonds. The summed E-state index contributed by atoms with van der Waals surface area (Å²) in [4.78, 5) is 5.64. The molecule has 1 aliphatic rings. The lowest BCUT2D eigenvalue weighted by atomic mass is 9.62. The highest BCUT2D eigenvalue weighted by Crippen LogP contribution is 2.50. The summed E-state index contributed by atoms with van der Waals surface area (Å²) in [6, 6.07) is 6.01. The molecule has 0 bridgehead atoms. The van der Waals surface area contributed by atoms with Crippen molar-refractivity contribution in [1.82, 2.24) is 4.57 Å². The number of halogens is 2. The zero-order chi connectivity index (χ0) is 17.2. The SMILES string of the molecule is C=CCN=c1scc(C2(c3ccc(Cl)c(Cl)c3)CCC2)n1CC=C. The van der Waals surface area contributed by atoms with Crippen LogP contribution in [0, 0.1) is 0 Å². The largest absolute Gasteiger partial charge is 0.316 e. The summed E-state index contributed by atoms with van der Waals surface area (Å²) in [5.41, 5.74) is 2.52. The van der Waals surface area contributed by atoms with E-state index in [9.17, 15) is 0 Å². The Balaban J connectivity index is 2.14. The van der Waals surface area contributed by atoms with Gasteiger partial charge in [-0.05, 0) is 30.5 Å². The Bertz CT molecular complexity index is 828. The zero-order valence-corrected chi connectivity index (χ0v) is 15.8. The molecule has 0 unspecified atom stereocenters. The molecule has 24 heavy (non-hydrogen) atoms. The molecule has 3 rings (SSSR count). The third-order valence-corrected chi connectivity index (χ3v) is 6.28. The lowest BCUT2D eigenvalue weighted by Crippen LogP contribution is -2.39. The lowest BCUT2D eigenvalue weighted by molar-refractivity contribution is 0.284. The van der Waals surface area contributed by atoms with Gasteiger partial charge in [0.05, 0.1) is 16.6 Å². The fourth-order valence-electron chi connectivity index (χ4n) is 3.30. The molecule has 2 nitrogen and oxygen atoms in total. The Morgan fingerprint density at radius 2 is 2.00 bits per heavy atom. The highest BCUT2D eigenvalue weighted by atomic mass is 35.5. The number of allylic oxidation sites excluding steroid dienone is 1. The first-order chi connectivity index (χ1) is 11.6. The first kappa shape index (κ1) is 17.5. The molecule has 1 heterocycles. The van der Waals surface area contributed by atoms with Gasteiger partial charge in [0.2, 0.25) is 0 Å². The molecule has 1 aliphatic carbocycles. The highest BCUT2D eigenvalue weighted by Gasteiger charge is 2.43. The third-order valence-electron chi connectivity index (χ3n) is 4.63. The van der Waals surface area contributed by atoms with E-state index in [-0.39, 0.29) is 5.41 Å². The van der Waals surface area contributed by atoms with Gasteiger partial charge in [0.1, 0.15) is 0 Å². The van der Waals surface area contributed by atoms with E-state index in [4.69, 9.17) is 23.2 Å². The van der Waals surface area contributed by atoms with Crippen LogP contribution < -0.4 is 4.80 Å². The normalized spacial score (nSPS) is 16.7. The number of thiazole rings is 1. The maximum Gasteiger partial charge on any atom is 0.185 e. The fourth-order valence-corrected chi connectivity index (χ4v) is 4.61. The van der Waals surface area contributed by atoms with E-state index in [1.54, 1.807) is 11.3 Å². The Labute approximate surface area is 156 Å². The number of aromatic nitrogens is 1. The number of nitrogens with zero attached hydrogens (tertiary/aromatic N) is 2. The van der Waals surface area contributed by atoms with Crippen LogP contribution in [0.25, 0.3) is 0 Å². The van der Waals surface area contributed by atoms with Crippen molar-refractivity contribution in [1.29, 1.82) is 0 Å². The summed E-state index contributed by atoms with van der Waals surface area (Å²) in [6.07, 6.45) is 7.17. The van der Waals surface area contributed by atoms with Gasteiger partial charge in [-0.3, -0.25) is 4.99 Å². The van der Waals surface area contributed by atoms with E-state index in [1.165, 1.54) is 17.7 Å². The van der Waals surface area contributed by atoms with Crippen LogP contribution in [-0.4, -0.2) is 11.1 Å². The minimum absolute atomic E-state index is 0.00428. The van der Waals surface area contributed by atoms with Crippen molar-refractivity contribution in [2.24, 2.45) is 4.99 Å². The number of rotatable bonds is 6. The second-order valence-electron chi connectivity index (χ2n) is 6.00. The van der Waals surface area contributed by atoms with E-state index >= 15 is 0 Å². The van der Waals surface area contributed by atoms with Gasteiger partial charge in [0.15, 0.2) is 4.80 Å². The molecule has 0 spiro atoms. The molecular formula is C19H20Cl2N2S. The number of hydrogen-bond acceptors (Lipinski definition) is 2. The molecule has 1 fully saturated rings. The topological polar surface area (TPSA) is 17.3 Å². The molecule has 1 aromatic heterocycles. The Hall–Kier alpha value is -1.29. The molecule has 0 radical (unpaired) electrons. The van der Waals surface area contributed by atoms with E-state index in [1.807, 2.05) is 24.3 Å². The average molecular weight is 379 g/mol. The summed E-state index contributed by atoms with van der Waals surface area (Å²) < 4.78 is 2.27. The molecule has 126 valence electrons. The van der Waals surface area contributed by atoms with Gasteiger partial charge < -0.3 is 4.57 Å². The molecule has 1 aromatic carbocycles. The van der Waals surface area contributed by atoms with Crippen LogP contribution in [0.2, 0.25) is 10.0 Å². The van der Waals surface area contributed by atoms with E-state index in [0.717, 1.165) is 24.2 Å².